The molecule has 2 aromatic carbocycles. The molecule has 1 amide bonds. The molecule has 1 aliphatic rings. The summed E-state index contributed by atoms with van der Waals surface area (Å²) in [5.74, 6) is -0.174. The zero-order valence-electron chi connectivity index (χ0n) is 16.7. The van der Waals surface area contributed by atoms with Gasteiger partial charge in [-0.05, 0) is 56.4 Å². The third-order valence-electron chi connectivity index (χ3n) is 5.46. The normalized spacial score (nSPS) is 16.1. The molecule has 0 unspecified atom stereocenters. The summed E-state index contributed by atoms with van der Waals surface area (Å²) < 4.78 is 27.1. The number of piperidine rings is 1. The number of aryl methyl sites for hydroxylation is 3. The topological polar surface area (TPSA) is 66.5 Å². The Balaban J connectivity index is 1.59. The van der Waals surface area contributed by atoms with Crippen LogP contribution in [0.5, 0.6) is 0 Å². The average Bonchev–Trinajstić information content (AvgIpc) is 2.66. The van der Waals surface area contributed by atoms with Crippen molar-refractivity contribution < 1.29 is 13.2 Å². The maximum atomic E-state index is 12.8. The number of carbonyl (C=O) groups excluding carboxylic acids is 1. The van der Waals surface area contributed by atoms with E-state index in [9.17, 15) is 13.2 Å². The maximum Gasteiger partial charge on any atom is 0.227 e. The number of amides is 1. The van der Waals surface area contributed by atoms with Crippen LogP contribution in [0.3, 0.4) is 0 Å². The largest absolute Gasteiger partial charge is 0.326 e. The summed E-state index contributed by atoms with van der Waals surface area (Å²) in [4.78, 5) is 12.6. The summed E-state index contributed by atoms with van der Waals surface area (Å²) in [5, 5.41) is 3.00. The standard InChI is InChI=1S/C22H28N2O3S/c1-16-8-9-21(18(3)14-16)23-22(25)19-10-12-24(13-11-19)28(26,27)15-20-7-5-4-6-17(20)2/h4-9,14,19H,10-13,15H2,1-3H3,(H,23,25). The molecule has 28 heavy (non-hydrogen) atoms. The summed E-state index contributed by atoms with van der Waals surface area (Å²) in [6, 6.07) is 13.5. The predicted octanol–water partition coefficient (Wildman–Crippen LogP) is 3.79. The number of sulfonamides is 1. The number of benzene rings is 2. The van der Waals surface area contributed by atoms with Crippen molar-refractivity contribution in [3.8, 4) is 0 Å². The lowest BCUT2D eigenvalue weighted by molar-refractivity contribution is -0.120. The lowest BCUT2D eigenvalue weighted by Crippen LogP contribution is -2.42. The van der Waals surface area contributed by atoms with Crippen molar-refractivity contribution in [3.05, 3.63) is 64.7 Å². The zero-order chi connectivity index (χ0) is 20.3. The Kier molecular flexibility index (Phi) is 6.20. The lowest BCUT2D eigenvalue weighted by atomic mass is 9.97. The van der Waals surface area contributed by atoms with E-state index in [0.29, 0.717) is 25.9 Å². The van der Waals surface area contributed by atoms with Crippen LogP contribution >= 0.6 is 0 Å². The number of anilines is 1. The Morgan fingerprint density at radius 2 is 1.71 bits per heavy atom. The summed E-state index contributed by atoms with van der Waals surface area (Å²) in [7, 11) is -3.38. The molecule has 1 N–H and O–H groups in total. The van der Waals surface area contributed by atoms with E-state index >= 15 is 0 Å². The third kappa shape index (κ3) is 4.80. The molecule has 1 fully saturated rings. The van der Waals surface area contributed by atoms with Gasteiger partial charge >= 0.3 is 0 Å². The minimum Gasteiger partial charge on any atom is -0.326 e. The van der Waals surface area contributed by atoms with Gasteiger partial charge in [0.2, 0.25) is 15.9 Å². The summed E-state index contributed by atoms with van der Waals surface area (Å²) in [5.41, 5.74) is 4.82. The van der Waals surface area contributed by atoms with E-state index in [-0.39, 0.29) is 17.6 Å². The average molecular weight is 401 g/mol. The van der Waals surface area contributed by atoms with Crippen molar-refractivity contribution in [1.82, 2.24) is 4.31 Å². The first kappa shape index (κ1) is 20.6. The number of rotatable bonds is 5. The summed E-state index contributed by atoms with van der Waals surface area (Å²) in [6.07, 6.45) is 1.09. The van der Waals surface area contributed by atoms with Crippen molar-refractivity contribution in [2.45, 2.75) is 39.4 Å². The van der Waals surface area contributed by atoms with E-state index in [1.165, 1.54) is 4.31 Å². The van der Waals surface area contributed by atoms with Gasteiger partial charge in [-0.25, -0.2) is 12.7 Å². The van der Waals surface area contributed by atoms with E-state index in [4.69, 9.17) is 0 Å². The van der Waals surface area contributed by atoms with E-state index < -0.39 is 10.0 Å². The Labute approximate surface area is 167 Å². The van der Waals surface area contributed by atoms with Crippen LogP contribution in [0.25, 0.3) is 0 Å². The molecular formula is C22H28N2O3S. The van der Waals surface area contributed by atoms with E-state index in [1.807, 2.05) is 63.2 Å². The number of nitrogens with one attached hydrogen (secondary N) is 1. The van der Waals surface area contributed by atoms with Gasteiger partial charge in [-0.2, -0.15) is 0 Å². The predicted molar refractivity (Wildman–Crippen MR) is 113 cm³/mol. The fourth-order valence-corrected chi connectivity index (χ4v) is 5.31. The van der Waals surface area contributed by atoms with Crippen LogP contribution < -0.4 is 5.32 Å². The van der Waals surface area contributed by atoms with E-state index in [1.54, 1.807) is 0 Å². The molecule has 1 saturated heterocycles. The molecule has 1 aliphatic heterocycles. The highest BCUT2D eigenvalue weighted by Gasteiger charge is 2.31. The fourth-order valence-electron chi connectivity index (χ4n) is 3.64. The molecule has 150 valence electrons. The molecule has 5 nitrogen and oxygen atoms in total. The monoisotopic (exact) mass is 400 g/mol. The number of carbonyl (C=O) groups is 1. The van der Waals surface area contributed by atoms with Gasteiger partial charge in [0.05, 0.1) is 5.75 Å². The highest BCUT2D eigenvalue weighted by Crippen LogP contribution is 2.25. The number of nitrogens with zero attached hydrogens (tertiary/aromatic N) is 1. The van der Waals surface area contributed by atoms with E-state index in [2.05, 4.69) is 5.32 Å². The second kappa shape index (κ2) is 8.45. The van der Waals surface area contributed by atoms with Crippen LogP contribution in [0.1, 0.15) is 35.1 Å². The number of hydrogen-bond donors (Lipinski definition) is 1. The molecule has 6 heteroatoms. The van der Waals surface area contributed by atoms with Crippen molar-refractivity contribution in [3.63, 3.8) is 0 Å². The Bertz CT molecular complexity index is 961. The molecule has 0 bridgehead atoms. The molecule has 0 aliphatic carbocycles. The Morgan fingerprint density at radius 1 is 1.04 bits per heavy atom. The van der Waals surface area contributed by atoms with Gasteiger partial charge < -0.3 is 5.32 Å². The molecule has 0 saturated carbocycles. The van der Waals surface area contributed by atoms with Gasteiger partial charge in [0, 0.05) is 24.7 Å². The molecule has 0 atom stereocenters. The second-order valence-electron chi connectivity index (χ2n) is 7.66. The van der Waals surface area contributed by atoms with Crippen molar-refractivity contribution >= 4 is 21.6 Å². The van der Waals surface area contributed by atoms with Crippen molar-refractivity contribution in [2.75, 3.05) is 18.4 Å². The molecule has 3 rings (SSSR count). The number of hydrogen-bond acceptors (Lipinski definition) is 3. The molecule has 2 aromatic rings. The summed E-state index contributed by atoms with van der Waals surface area (Å²) >= 11 is 0. The maximum absolute atomic E-state index is 12.8. The van der Waals surface area contributed by atoms with Gasteiger partial charge in [-0.3, -0.25) is 4.79 Å². The van der Waals surface area contributed by atoms with E-state index in [0.717, 1.165) is 27.9 Å². The first-order valence-corrected chi connectivity index (χ1v) is 11.3. The van der Waals surface area contributed by atoms with Crippen LogP contribution in [0.4, 0.5) is 5.69 Å². The van der Waals surface area contributed by atoms with Crippen LogP contribution in [0.2, 0.25) is 0 Å². The lowest BCUT2D eigenvalue weighted by Gasteiger charge is -2.30. The van der Waals surface area contributed by atoms with Gasteiger partial charge in [0.15, 0.2) is 0 Å². The van der Waals surface area contributed by atoms with Gasteiger partial charge in [0.1, 0.15) is 0 Å². The minimum atomic E-state index is -3.38. The first-order valence-electron chi connectivity index (χ1n) is 9.67. The van der Waals surface area contributed by atoms with Gasteiger partial charge in [-0.15, -0.1) is 0 Å². The molecule has 1 heterocycles. The Morgan fingerprint density at radius 3 is 2.36 bits per heavy atom. The highest BCUT2D eigenvalue weighted by atomic mass is 32.2. The van der Waals surface area contributed by atoms with Gasteiger partial charge in [-0.1, -0.05) is 42.0 Å². The van der Waals surface area contributed by atoms with Crippen LogP contribution in [-0.2, 0) is 20.6 Å². The fraction of sp³-hybridized carbons (Fsp3) is 0.409. The third-order valence-corrected chi connectivity index (χ3v) is 7.28. The molecule has 0 radical (unpaired) electrons. The second-order valence-corrected chi connectivity index (χ2v) is 9.63. The SMILES string of the molecule is Cc1ccc(NC(=O)C2CCN(S(=O)(=O)Cc3ccccc3C)CC2)c(C)c1. The highest BCUT2D eigenvalue weighted by molar-refractivity contribution is 7.88. The van der Waals surface area contributed by atoms with Crippen LogP contribution in [0.15, 0.2) is 42.5 Å². The van der Waals surface area contributed by atoms with Crippen LogP contribution in [-0.4, -0.2) is 31.7 Å². The molecular weight excluding hydrogens is 372 g/mol. The minimum absolute atomic E-state index is 0.0130. The smallest absolute Gasteiger partial charge is 0.227 e. The molecule has 0 spiro atoms. The quantitative estimate of drug-likeness (QED) is 0.830. The van der Waals surface area contributed by atoms with Crippen molar-refractivity contribution in [2.24, 2.45) is 5.92 Å². The molecule has 0 aromatic heterocycles. The zero-order valence-corrected chi connectivity index (χ0v) is 17.6. The van der Waals surface area contributed by atoms with Crippen molar-refractivity contribution in [1.29, 1.82) is 0 Å². The van der Waals surface area contributed by atoms with Crippen LogP contribution in [0, 0.1) is 26.7 Å². The summed E-state index contributed by atoms with van der Waals surface area (Å²) in [6.45, 7) is 6.70. The van der Waals surface area contributed by atoms with Gasteiger partial charge in [0.25, 0.3) is 0 Å². The first-order chi connectivity index (χ1) is 13.3. The Hall–Kier alpha value is -2.18.